The summed E-state index contributed by atoms with van der Waals surface area (Å²) < 4.78 is 39.8. The Hall–Kier alpha value is 0.555. The van der Waals surface area contributed by atoms with Gasteiger partial charge in [-0.1, -0.05) is 6.92 Å². The van der Waals surface area contributed by atoms with Gasteiger partial charge in [0.25, 0.3) is 0 Å². The van der Waals surface area contributed by atoms with Gasteiger partial charge in [0, 0.05) is 6.16 Å². The van der Waals surface area contributed by atoms with Crippen LogP contribution in [0.1, 0.15) is 6.92 Å². The lowest BCUT2D eigenvalue weighted by atomic mass is 10.8. The molecule has 8 nitrogen and oxygen atoms in total. The molecule has 2 unspecified atom stereocenters. The minimum atomic E-state index is -5.14. The second-order valence-electron chi connectivity index (χ2n) is 2.45. The molecule has 0 spiro atoms. The Morgan fingerprint density at radius 3 is 1.86 bits per heavy atom. The number of hydrogen-bond acceptors (Lipinski definition) is 5. The van der Waals surface area contributed by atoms with Gasteiger partial charge in [-0.2, -0.15) is 4.31 Å². The number of hydrogen-bond donors (Lipinski definition) is 3. The lowest BCUT2D eigenvalue weighted by Crippen LogP contribution is -1.94. The Labute approximate surface area is 81.3 Å². The maximum Gasteiger partial charge on any atom is 0.486 e. The van der Waals surface area contributed by atoms with Crippen molar-refractivity contribution in [3.05, 3.63) is 0 Å². The van der Waals surface area contributed by atoms with Crippen LogP contribution >= 0.6 is 22.9 Å². The summed E-state index contributed by atoms with van der Waals surface area (Å²) >= 11 is 0. The second kappa shape index (κ2) is 4.60. The molecule has 0 amide bonds. The van der Waals surface area contributed by atoms with E-state index in [0.29, 0.717) is 0 Å². The van der Waals surface area contributed by atoms with Crippen LogP contribution < -0.4 is 0 Å². The summed E-state index contributed by atoms with van der Waals surface area (Å²) in [6.45, 7) is 1.43. The van der Waals surface area contributed by atoms with Crippen molar-refractivity contribution >= 4 is 30.5 Å². The van der Waals surface area contributed by atoms with Gasteiger partial charge in [-0.05, 0) is 0 Å². The topological polar surface area (TPSA) is 130 Å². The summed E-state index contributed by atoms with van der Waals surface area (Å²) in [5.41, 5.74) is 0. The van der Waals surface area contributed by atoms with Gasteiger partial charge in [0.1, 0.15) is 0 Å². The first kappa shape index (κ1) is 14.6. The summed E-state index contributed by atoms with van der Waals surface area (Å²) in [6, 6.07) is 0. The minimum absolute atomic E-state index is 0.0535. The molecule has 0 aliphatic rings. The van der Waals surface area contributed by atoms with Crippen LogP contribution in [0.2, 0.25) is 0 Å². The van der Waals surface area contributed by atoms with E-state index in [-0.39, 0.29) is 6.16 Å². The Morgan fingerprint density at radius 2 is 1.57 bits per heavy atom. The molecule has 0 rings (SSSR count). The first-order valence-electron chi connectivity index (χ1n) is 3.35. The Bertz CT molecular complexity index is 331. The van der Waals surface area contributed by atoms with Crippen molar-refractivity contribution in [1.29, 1.82) is 0 Å². The van der Waals surface area contributed by atoms with E-state index in [9.17, 15) is 13.7 Å². The smallest absolute Gasteiger partial charge is 0.305 e. The van der Waals surface area contributed by atoms with Gasteiger partial charge in [-0.15, -0.1) is 0 Å². The van der Waals surface area contributed by atoms with E-state index in [4.69, 9.17) is 14.7 Å². The van der Waals surface area contributed by atoms with Gasteiger partial charge in [0.2, 0.25) is 7.57 Å². The average Bonchev–Trinajstić information content (AvgIpc) is 1.78. The van der Waals surface area contributed by atoms with Gasteiger partial charge in [0.15, 0.2) is 7.25 Å². The van der Waals surface area contributed by atoms with E-state index >= 15 is 0 Å². The third-order valence-electron chi connectivity index (χ3n) is 1.06. The maximum atomic E-state index is 11.2. The first-order chi connectivity index (χ1) is 5.97. The highest BCUT2D eigenvalue weighted by atomic mass is 31.3. The van der Waals surface area contributed by atoms with Gasteiger partial charge >= 0.3 is 15.6 Å². The molecular formula is C2H10BO8P3. The molecule has 0 saturated carbocycles. The maximum absolute atomic E-state index is 11.2. The molecule has 0 aromatic heterocycles. The Morgan fingerprint density at radius 1 is 1.14 bits per heavy atom. The molecule has 0 saturated heterocycles. The zero-order valence-corrected chi connectivity index (χ0v) is 10.1. The summed E-state index contributed by atoms with van der Waals surface area (Å²) in [5, 5.41) is 0. The van der Waals surface area contributed by atoms with Crippen LogP contribution in [0.15, 0.2) is 0 Å². The van der Waals surface area contributed by atoms with Gasteiger partial charge in [-0.25, -0.2) is 13.4 Å². The third kappa shape index (κ3) is 6.93. The largest absolute Gasteiger partial charge is 0.486 e. The minimum Gasteiger partial charge on any atom is -0.305 e. The van der Waals surface area contributed by atoms with E-state index in [1.54, 1.807) is 0 Å². The lowest BCUT2D eigenvalue weighted by Gasteiger charge is -2.16. The van der Waals surface area contributed by atoms with Crippen LogP contribution in [0.4, 0.5) is 0 Å². The molecule has 0 radical (unpaired) electrons. The van der Waals surface area contributed by atoms with Crippen LogP contribution in [0.3, 0.4) is 0 Å². The molecule has 0 aliphatic heterocycles. The summed E-state index contributed by atoms with van der Waals surface area (Å²) in [5.74, 6) is 0. The Balaban J connectivity index is 4.60. The van der Waals surface area contributed by atoms with Crippen molar-refractivity contribution in [2.75, 3.05) is 6.16 Å². The van der Waals surface area contributed by atoms with Gasteiger partial charge in [0.05, 0.1) is 0 Å². The molecule has 0 bridgehead atoms. The highest BCUT2D eigenvalue weighted by Gasteiger charge is 2.36. The molecule has 2 atom stereocenters. The molecule has 3 N–H and O–H groups in total. The highest BCUT2D eigenvalue weighted by molar-refractivity contribution is 7.87. The molecule has 12 heteroatoms. The predicted octanol–water partition coefficient (Wildman–Crippen LogP) is 0.0588. The van der Waals surface area contributed by atoms with E-state index in [2.05, 4.69) is 8.62 Å². The molecule has 0 aromatic rings. The summed E-state index contributed by atoms with van der Waals surface area (Å²) in [4.78, 5) is 25.2. The SMILES string of the molecule is BP(=O)(CC)OP(=O)(O)OP(=O)(O)O. The van der Waals surface area contributed by atoms with Crippen LogP contribution in [-0.2, 0) is 22.3 Å². The van der Waals surface area contributed by atoms with E-state index in [1.165, 1.54) is 6.92 Å². The lowest BCUT2D eigenvalue weighted by molar-refractivity contribution is 0.231. The first-order valence-corrected chi connectivity index (χ1v) is 8.63. The number of phosphoric acid groups is 2. The van der Waals surface area contributed by atoms with Crippen molar-refractivity contribution in [1.82, 2.24) is 0 Å². The van der Waals surface area contributed by atoms with Crippen LogP contribution in [0.25, 0.3) is 0 Å². The van der Waals surface area contributed by atoms with Crippen molar-refractivity contribution < 1.29 is 37.0 Å². The normalized spacial score (nSPS) is 21.1. The van der Waals surface area contributed by atoms with Crippen LogP contribution in [0.5, 0.6) is 0 Å². The molecule has 0 fully saturated rings. The molecule has 0 aromatic carbocycles. The Kier molecular flexibility index (Phi) is 4.78. The highest BCUT2D eigenvalue weighted by Crippen LogP contribution is 2.65. The molecule has 14 heavy (non-hydrogen) atoms. The van der Waals surface area contributed by atoms with Crippen LogP contribution in [-0.4, -0.2) is 28.4 Å². The molecule has 84 valence electrons. The van der Waals surface area contributed by atoms with Crippen LogP contribution in [0, 0.1) is 0 Å². The fraction of sp³-hybridized carbons (Fsp3) is 1.00. The average molecular weight is 266 g/mol. The molecule has 0 heterocycles. The van der Waals surface area contributed by atoms with E-state index < -0.39 is 22.9 Å². The predicted molar refractivity (Wildman–Crippen MR) is 50.7 cm³/mol. The quantitative estimate of drug-likeness (QED) is 0.470. The van der Waals surface area contributed by atoms with E-state index in [0.717, 1.165) is 7.57 Å². The van der Waals surface area contributed by atoms with Crippen molar-refractivity contribution in [2.24, 2.45) is 0 Å². The van der Waals surface area contributed by atoms with Crippen molar-refractivity contribution in [2.45, 2.75) is 6.92 Å². The zero-order chi connectivity index (χ0) is 11.6. The summed E-state index contributed by atoms with van der Waals surface area (Å²) in [7, 11) is -12.4. The van der Waals surface area contributed by atoms with Crippen molar-refractivity contribution in [3.63, 3.8) is 0 Å². The monoisotopic (exact) mass is 266 g/mol. The molecular weight excluding hydrogens is 256 g/mol. The molecule has 0 aliphatic carbocycles. The standard InChI is InChI=1S/C2H10BO8P3/c1-2-12(3,4)10-14(8,9)11-13(5,6)7/h2-3H2,1H3,(H,8,9)(H2,5,6,7). The van der Waals surface area contributed by atoms with E-state index in [1.807, 2.05) is 0 Å². The fourth-order valence-corrected chi connectivity index (χ4v) is 4.10. The van der Waals surface area contributed by atoms with Gasteiger partial charge in [-0.3, -0.25) is 0 Å². The summed E-state index contributed by atoms with van der Waals surface area (Å²) in [6.07, 6.45) is -0.0535. The second-order valence-corrected chi connectivity index (χ2v) is 8.34. The van der Waals surface area contributed by atoms with Crippen molar-refractivity contribution in [3.8, 4) is 0 Å². The number of rotatable bonds is 5. The third-order valence-corrected chi connectivity index (χ3v) is 6.09. The van der Waals surface area contributed by atoms with Gasteiger partial charge < -0.3 is 19.2 Å². The zero-order valence-electron chi connectivity index (χ0n) is 7.43. The fourth-order valence-electron chi connectivity index (χ4n) is 0.425.